The number of aryl methyl sites for hydroxylation is 1. The van der Waals surface area contributed by atoms with Crippen LogP contribution < -0.4 is 10.6 Å². The van der Waals surface area contributed by atoms with Gasteiger partial charge in [0.2, 0.25) is 0 Å². The average molecular weight is 292 g/mol. The lowest BCUT2D eigenvalue weighted by Crippen LogP contribution is -2.40. The van der Waals surface area contributed by atoms with Crippen LogP contribution in [0.25, 0.3) is 0 Å². The number of hydrogen-bond donors (Lipinski definition) is 3. The van der Waals surface area contributed by atoms with Crippen LogP contribution in [0.3, 0.4) is 0 Å². The third kappa shape index (κ3) is 6.29. The van der Waals surface area contributed by atoms with E-state index in [1.807, 2.05) is 19.1 Å². The Morgan fingerprint density at radius 3 is 2.57 bits per heavy atom. The highest BCUT2D eigenvalue weighted by molar-refractivity contribution is 5.89. The highest BCUT2D eigenvalue weighted by Crippen LogP contribution is 2.13. The zero-order valence-electron chi connectivity index (χ0n) is 12.8. The minimum Gasteiger partial charge on any atom is -0.481 e. The molecule has 3 N–H and O–H groups in total. The molecule has 5 nitrogen and oxygen atoms in total. The van der Waals surface area contributed by atoms with Crippen molar-refractivity contribution >= 4 is 17.7 Å². The number of carboxylic acids is 1. The van der Waals surface area contributed by atoms with Gasteiger partial charge in [0, 0.05) is 18.2 Å². The number of carboxylic acid groups (broad SMARTS) is 1. The molecule has 21 heavy (non-hydrogen) atoms. The Bertz CT molecular complexity index is 486. The second-order valence-electron chi connectivity index (χ2n) is 5.45. The molecule has 0 fully saturated rings. The first-order chi connectivity index (χ1) is 9.92. The Hall–Kier alpha value is -2.04. The van der Waals surface area contributed by atoms with E-state index in [4.69, 9.17) is 5.11 Å². The van der Waals surface area contributed by atoms with E-state index < -0.39 is 5.97 Å². The number of urea groups is 1. The van der Waals surface area contributed by atoms with Gasteiger partial charge >= 0.3 is 12.0 Å². The van der Waals surface area contributed by atoms with Gasteiger partial charge in [0.1, 0.15) is 0 Å². The molecule has 1 aromatic carbocycles. The SMILES string of the molecule is CCC(NC(=O)Nc1cccc(CCC(=O)O)c1)C(C)C. The highest BCUT2D eigenvalue weighted by atomic mass is 16.4. The molecular weight excluding hydrogens is 268 g/mol. The first-order valence-corrected chi connectivity index (χ1v) is 7.30. The quantitative estimate of drug-likeness (QED) is 0.721. The molecule has 0 saturated carbocycles. The van der Waals surface area contributed by atoms with E-state index in [2.05, 4.69) is 24.5 Å². The summed E-state index contributed by atoms with van der Waals surface area (Å²) >= 11 is 0. The number of aliphatic carboxylic acids is 1. The maximum absolute atomic E-state index is 11.9. The van der Waals surface area contributed by atoms with Crippen LogP contribution in [-0.4, -0.2) is 23.1 Å². The minimum absolute atomic E-state index is 0.0842. The van der Waals surface area contributed by atoms with Crippen LogP contribution >= 0.6 is 0 Å². The molecule has 0 aliphatic heterocycles. The number of benzene rings is 1. The normalized spacial score (nSPS) is 12.0. The summed E-state index contributed by atoms with van der Waals surface area (Å²) in [5, 5.41) is 14.4. The third-order valence-corrected chi connectivity index (χ3v) is 3.37. The molecule has 0 saturated heterocycles. The molecule has 1 atom stereocenters. The molecule has 1 unspecified atom stereocenters. The number of nitrogens with one attached hydrogen (secondary N) is 2. The topological polar surface area (TPSA) is 78.4 Å². The van der Waals surface area contributed by atoms with E-state index in [0.717, 1.165) is 12.0 Å². The number of hydrogen-bond acceptors (Lipinski definition) is 2. The molecule has 0 spiro atoms. The van der Waals surface area contributed by atoms with Crippen molar-refractivity contribution in [2.75, 3.05) is 5.32 Å². The molecule has 116 valence electrons. The Labute approximate surface area is 125 Å². The van der Waals surface area contributed by atoms with Crippen LogP contribution in [0.4, 0.5) is 10.5 Å². The fraction of sp³-hybridized carbons (Fsp3) is 0.500. The molecular formula is C16H24N2O3. The lowest BCUT2D eigenvalue weighted by molar-refractivity contribution is -0.136. The van der Waals surface area contributed by atoms with Crippen LogP contribution in [0.2, 0.25) is 0 Å². The molecule has 0 bridgehead atoms. The van der Waals surface area contributed by atoms with Crippen LogP contribution in [0, 0.1) is 5.92 Å². The third-order valence-electron chi connectivity index (χ3n) is 3.37. The van der Waals surface area contributed by atoms with Crippen LogP contribution in [0.15, 0.2) is 24.3 Å². The van der Waals surface area contributed by atoms with E-state index in [0.29, 0.717) is 18.0 Å². The lowest BCUT2D eigenvalue weighted by Gasteiger charge is -2.21. The fourth-order valence-electron chi connectivity index (χ4n) is 2.13. The zero-order valence-corrected chi connectivity index (χ0v) is 12.8. The molecule has 5 heteroatoms. The van der Waals surface area contributed by atoms with Gasteiger partial charge < -0.3 is 15.7 Å². The second kappa shape index (κ2) is 8.29. The zero-order chi connectivity index (χ0) is 15.8. The number of rotatable bonds is 7. The first-order valence-electron chi connectivity index (χ1n) is 7.30. The standard InChI is InChI=1S/C16H24N2O3/c1-4-14(11(2)3)18-16(21)17-13-7-5-6-12(10-13)8-9-15(19)20/h5-7,10-11,14H,4,8-9H2,1-3H3,(H,19,20)(H2,17,18,21). The minimum atomic E-state index is -0.825. The van der Waals surface area contributed by atoms with Crippen molar-refractivity contribution in [3.63, 3.8) is 0 Å². The number of carbonyl (C=O) groups is 2. The van der Waals surface area contributed by atoms with Crippen molar-refractivity contribution < 1.29 is 14.7 Å². The second-order valence-corrected chi connectivity index (χ2v) is 5.45. The first kappa shape index (κ1) is 17.0. The molecule has 0 heterocycles. The van der Waals surface area contributed by atoms with Gasteiger partial charge in [0.05, 0.1) is 0 Å². The molecule has 1 rings (SSSR count). The van der Waals surface area contributed by atoms with Gasteiger partial charge in [-0.1, -0.05) is 32.9 Å². The molecule has 0 aliphatic carbocycles. The Kier molecular flexibility index (Phi) is 6.72. The highest BCUT2D eigenvalue weighted by Gasteiger charge is 2.13. The largest absolute Gasteiger partial charge is 0.481 e. The molecule has 0 aliphatic rings. The molecule has 1 aromatic rings. The van der Waals surface area contributed by atoms with Gasteiger partial charge in [-0.25, -0.2) is 4.79 Å². The van der Waals surface area contributed by atoms with E-state index in [-0.39, 0.29) is 18.5 Å². The van der Waals surface area contributed by atoms with Gasteiger partial charge in [0.15, 0.2) is 0 Å². The number of anilines is 1. The van der Waals surface area contributed by atoms with Crippen molar-refractivity contribution in [1.29, 1.82) is 0 Å². The van der Waals surface area contributed by atoms with Crippen molar-refractivity contribution in [3.05, 3.63) is 29.8 Å². The van der Waals surface area contributed by atoms with E-state index in [1.165, 1.54) is 0 Å². The smallest absolute Gasteiger partial charge is 0.319 e. The Balaban J connectivity index is 2.59. The van der Waals surface area contributed by atoms with Crippen molar-refractivity contribution in [2.45, 2.75) is 46.1 Å². The summed E-state index contributed by atoms with van der Waals surface area (Å²) < 4.78 is 0. The van der Waals surface area contributed by atoms with E-state index in [1.54, 1.807) is 12.1 Å². The Morgan fingerprint density at radius 2 is 2.00 bits per heavy atom. The van der Waals surface area contributed by atoms with Gasteiger partial charge in [-0.15, -0.1) is 0 Å². The number of amides is 2. The van der Waals surface area contributed by atoms with Gasteiger partial charge in [0.25, 0.3) is 0 Å². The lowest BCUT2D eigenvalue weighted by atomic mass is 10.0. The van der Waals surface area contributed by atoms with E-state index in [9.17, 15) is 9.59 Å². The van der Waals surface area contributed by atoms with Gasteiger partial charge in [-0.3, -0.25) is 4.79 Å². The summed E-state index contributed by atoms with van der Waals surface area (Å²) in [6.45, 7) is 6.18. The summed E-state index contributed by atoms with van der Waals surface area (Å²) in [5.74, 6) is -0.448. The van der Waals surface area contributed by atoms with Crippen LogP contribution in [0.1, 0.15) is 39.2 Å². The summed E-state index contributed by atoms with van der Waals surface area (Å²) in [6, 6.07) is 7.17. The predicted molar refractivity (Wildman–Crippen MR) is 83.5 cm³/mol. The van der Waals surface area contributed by atoms with Crippen LogP contribution in [-0.2, 0) is 11.2 Å². The van der Waals surface area contributed by atoms with E-state index >= 15 is 0 Å². The van der Waals surface area contributed by atoms with Crippen molar-refractivity contribution in [1.82, 2.24) is 5.32 Å². The summed E-state index contributed by atoms with van der Waals surface area (Å²) in [4.78, 5) is 22.5. The summed E-state index contributed by atoms with van der Waals surface area (Å²) in [6.07, 6.45) is 1.42. The van der Waals surface area contributed by atoms with Crippen molar-refractivity contribution in [3.8, 4) is 0 Å². The molecule has 0 aromatic heterocycles. The predicted octanol–water partition coefficient (Wildman–Crippen LogP) is 3.26. The summed E-state index contributed by atoms with van der Waals surface area (Å²) in [7, 11) is 0. The van der Waals surface area contributed by atoms with Gasteiger partial charge in [-0.2, -0.15) is 0 Å². The molecule has 0 radical (unpaired) electrons. The average Bonchev–Trinajstić information content (AvgIpc) is 2.42. The monoisotopic (exact) mass is 292 g/mol. The maximum atomic E-state index is 11.9. The molecule has 2 amide bonds. The van der Waals surface area contributed by atoms with Gasteiger partial charge in [-0.05, 0) is 36.5 Å². The number of carbonyl (C=O) groups excluding carboxylic acids is 1. The maximum Gasteiger partial charge on any atom is 0.319 e. The Morgan fingerprint density at radius 1 is 1.29 bits per heavy atom. The fourth-order valence-corrected chi connectivity index (χ4v) is 2.13. The van der Waals surface area contributed by atoms with Crippen LogP contribution in [0.5, 0.6) is 0 Å². The van der Waals surface area contributed by atoms with Crippen molar-refractivity contribution in [2.24, 2.45) is 5.92 Å². The summed E-state index contributed by atoms with van der Waals surface area (Å²) in [5.41, 5.74) is 1.57.